The number of benzene rings is 1. The molecule has 0 aliphatic heterocycles. The average Bonchev–Trinajstić information content (AvgIpc) is 3.26. The van der Waals surface area contributed by atoms with Crippen molar-refractivity contribution in [3.05, 3.63) is 44.2 Å². The summed E-state index contributed by atoms with van der Waals surface area (Å²) in [6.07, 6.45) is 2.80. The number of hydrogen-bond acceptors (Lipinski definition) is 6. The van der Waals surface area contributed by atoms with Crippen molar-refractivity contribution in [2.75, 3.05) is 19.0 Å². The number of thiophene rings is 1. The van der Waals surface area contributed by atoms with Gasteiger partial charge in [-0.15, -0.1) is 11.3 Å². The van der Waals surface area contributed by atoms with Gasteiger partial charge in [0.25, 0.3) is 5.91 Å². The first-order valence-corrected chi connectivity index (χ1v) is 11.6. The summed E-state index contributed by atoms with van der Waals surface area (Å²) < 4.78 is 11.3. The molecule has 0 saturated heterocycles. The molecule has 1 amide bonds. The molecule has 6 nitrogen and oxygen atoms in total. The van der Waals surface area contributed by atoms with E-state index in [1.54, 1.807) is 18.2 Å². The van der Waals surface area contributed by atoms with E-state index >= 15 is 0 Å². The molecule has 0 saturated carbocycles. The Balaban J connectivity index is 1.68. The van der Waals surface area contributed by atoms with Gasteiger partial charge in [0.2, 0.25) is 0 Å². The molecule has 30 heavy (non-hydrogen) atoms. The Bertz CT molecular complexity index is 988. The SMILES string of the molecule is COC(=O)c1c(NC(=S)NC(=O)c2ccc(OCC(C)C)c(Br)c2)sc2c1CCC2. The number of hydrogen-bond donors (Lipinski definition) is 2. The van der Waals surface area contributed by atoms with Gasteiger partial charge in [0, 0.05) is 10.4 Å². The topological polar surface area (TPSA) is 76.7 Å². The van der Waals surface area contributed by atoms with Gasteiger partial charge in [-0.1, -0.05) is 13.8 Å². The van der Waals surface area contributed by atoms with E-state index in [0.717, 1.165) is 29.7 Å². The summed E-state index contributed by atoms with van der Waals surface area (Å²) in [7, 11) is 1.36. The summed E-state index contributed by atoms with van der Waals surface area (Å²) in [6, 6.07) is 5.11. The number of halogens is 1. The van der Waals surface area contributed by atoms with Crippen molar-refractivity contribution in [1.29, 1.82) is 0 Å². The highest BCUT2D eigenvalue weighted by molar-refractivity contribution is 9.10. The standard InChI is InChI=1S/C21H23BrN2O4S2/c1-11(2)10-28-15-8-7-12(9-14(15)22)18(25)23-21(29)24-19-17(20(26)27-3)13-5-4-6-16(13)30-19/h7-9,11H,4-6,10H2,1-3H3,(H2,23,24,25,29). The Hall–Kier alpha value is -1.97. The third-order valence-corrected chi connectivity index (χ3v) is 6.56. The van der Waals surface area contributed by atoms with Crippen LogP contribution in [0.15, 0.2) is 22.7 Å². The maximum Gasteiger partial charge on any atom is 0.341 e. The Labute approximate surface area is 193 Å². The van der Waals surface area contributed by atoms with Crippen LogP contribution in [0, 0.1) is 5.92 Å². The van der Waals surface area contributed by atoms with E-state index in [1.807, 2.05) is 0 Å². The van der Waals surface area contributed by atoms with Gasteiger partial charge in [-0.25, -0.2) is 4.79 Å². The van der Waals surface area contributed by atoms with Gasteiger partial charge < -0.3 is 14.8 Å². The van der Waals surface area contributed by atoms with Crippen LogP contribution in [0.5, 0.6) is 5.75 Å². The monoisotopic (exact) mass is 510 g/mol. The number of rotatable bonds is 6. The Kier molecular flexibility index (Phi) is 7.49. The van der Waals surface area contributed by atoms with Crippen molar-refractivity contribution in [3.63, 3.8) is 0 Å². The summed E-state index contributed by atoms with van der Waals surface area (Å²) >= 11 is 10.2. The average molecular weight is 511 g/mol. The number of amides is 1. The molecule has 2 aromatic rings. The van der Waals surface area contributed by atoms with E-state index in [4.69, 9.17) is 21.7 Å². The number of aryl methyl sites for hydroxylation is 1. The second-order valence-corrected chi connectivity index (χ2v) is 9.68. The molecule has 0 atom stereocenters. The van der Waals surface area contributed by atoms with Crippen LogP contribution in [-0.4, -0.2) is 30.7 Å². The molecule has 1 heterocycles. The van der Waals surface area contributed by atoms with Crippen LogP contribution in [0.4, 0.5) is 5.00 Å². The minimum atomic E-state index is -0.396. The van der Waals surface area contributed by atoms with Crippen molar-refractivity contribution in [2.24, 2.45) is 5.92 Å². The third-order valence-electron chi connectivity index (χ3n) is 4.53. The minimum Gasteiger partial charge on any atom is -0.492 e. The molecular formula is C21H23BrN2O4S2. The molecule has 0 radical (unpaired) electrons. The fourth-order valence-corrected chi connectivity index (χ4v) is 5.17. The number of esters is 1. The lowest BCUT2D eigenvalue weighted by Crippen LogP contribution is -2.34. The second-order valence-electron chi connectivity index (χ2n) is 7.31. The predicted octanol–water partition coefficient (Wildman–Crippen LogP) is 4.95. The number of carbonyl (C=O) groups excluding carboxylic acids is 2. The zero-order valence-corrected chi connectivity index (χ0v) is 20.2. The Morgan fingerprint density at radius 3 is 2.73 bits per heavy atom. The normalized spacial score (nSPS) is 12.4. The maximum atomic E-state index is 12.6. The van der Waals surface area contributed by atoms with Crippen LogP contribution in [0.3, 0.4) is 0 Å². The first-order valence-electron chi connectivity index (χ1n) is 9.57. The lowest BCUT2D eigenvalue weighted by molar-refractivity contribution is 0.0601. The quantitative estimate of drug-likeness (QED) is 0.423. The number of anilines is 1. The van der Waals surface area contributed by atoms with Crippen molar-refractivity contribution in [3.8, 4) is 5.75 Å². The van der Waals surface area contributed by atoms with E-state index in [-0.39, 0.29) is 11.0 Å². The third kappa shape index (κ3) is 5.19. The lowest BCUT2D eigenvalue weighted by Gasteiger charge is -2.13. The van der Waals surface area contributed by atoms with Crippen LogP contribution in [0.2, 0.25) is 0 Å². The van der Waals surface area contributed by atoms with Crippen molar-refractivity contribution >= 4 is 61.5 Å². The maximum absolute atomic E-state index is 12.6. The van der Waals surface area contributed by atoms with Gasteiger partial charge in [0.1, 0.15) is 10.8 Å². The number of thiocarbonyl (C=S) groups is 1. The summed E-state index contributed by atoms with van der Waals surface area (Å²) in [4.78, 5) is 26.0. The van der Waals surface area contributed by atoms with Gasteiger partial charge in [0.15, 0.2) is 5.11 Å². The van der Waals surface area contributed by atoms with Gasteiger partial charge in [-0.05, 0) is 77.1 Å². The summed E-state index contributed by atoms with van der Waals surface area (Å²) in [6.45, 7) is 4.72. The highest BCUT2D eigenvalue weighted by atomic mass is 79.9. The number of carbonyl (C=O) groups is 2. The first-order chi connectivity index (χ1) is 14.3. The minimum absolute atomic E-state index is 0.126. The highest BCUT2D eigenvalue weighted by Crippen LogP contribution is 2.39. The molecule has 9 heteroatoms. The molecular weight excluding hydrogens is 488 g/mol. The molecule has 0 fully saturated rings. The fraction of sp³-hybridized carbons (Fsp3) is 0.381. The first kappa shape index (κ1) is 22.7. The fourth-order valence-electron chi connectivity index (χ4n) is 3.14. The number of nitrogens with one attached hydrogen (secondary N) is 2. The second kappa shape index (κ2) is 9.89. The van der Waals surface area contributed by atoms with E-state index in [2.05, 4.69) is 40.4 Å². The van der Waals surface area contributed by atoms with Gasteiger partial charge in [-0.3, -0.25) is 10.1 Å². The van der Waals surface area contributed by atoms with E-state index < -0.39 is 5.97 Å². The van der Waals surface area contributed by atoms with Crippen LogP contribution >= 0.6 is 39.5 Å². The highest BCUT2D eigenvalue weighted by Gasteiger charge is 2.27. The smallest absolute Gasteiger partial charge is 0.341 e. The summed E-state index contributed by atoms with van der Waals surface area (Å²) in [5, 5.41) is 6.39. The van der Waals surface area contributed by atoms with Gasteiger partial charge in [-0.2, -0.15) is 0 Å². The molecule has 0 unspecified atom stereocenters. The van der Waals surface area contributed by atoms with E-state index in [1.165, 1.54) is 18.4 Å². The van der Waals surface area contributed by atoms with Crippen molar-refractivity contribution in [2.45, 2.75) is 33.1 Å². The number of ether oxygens (including phenoxy) is 2. The zero-order chi connectivity index (χ0) is 21.8. The molecule has 1 aliphatic rings. The largest absolute Gasteiger partial charge is 0.492 e. The molecule has 3 rings (SSSR count). The number of methoxy groups -OCH3 is 1. The van der Waals surface area contributed by atoms with Gasteiger partial charge >= 0.3 is 5.97 Å². The predicted molar refractivity (Wildman–Crippen MR) is 126 cm³/mol. The van der Waals surface area contributed by atoms with Crippen LogP contribution in [0.25, 0.3) is 0 Å². The Morgan fingerprint density at radius 1 is 1.30 bits per heavy atom. The molecule has 1 aromatic heterocycles. The molecule has 160 valence electrons. The zero-order valence-electron chi connectivity index (χ0n) is 17.0. The molecule has 0 spiro atoms. The molecule has 1 aliphatic carbocycles. The lowest BCUT2D eigenvalue weighted by atomic mass is 10.1. The van der Waals surface area contributed by atoms with Crippen LogP contribution in [-0.2, 0) is 17.6 Å². The Morgan fingerprint density at radius 2 is 2.07 bits per heavy atom. The number of fused-ring (bicyclic) bond motifs is 1. The summed E-state index contributed by atoms with van der Waals surface area (Å²) in [5.41, 5.74) is 1.97. The van der Waals surface area contributed by atoms with Gasteiger partial charge in [0.05, 0.1) is 23.8 Å². The van der Waals surface area contributed by atoms with Crippen molar-refractivity contribution < 1.29 is 19.1 Å². The molecule has 0 bridgehead atoms. The van der Waals surface area contributed by atoms with Crippen LogP contribution in [0.1, 0.15) is 51.4 Å². The van der Waals surface area contributed by atoms with E-state index in [0.29, 0.717) is 38.9 Å². The van der Waals surface area contributed by atoms with E-state index in [9.17, 15) is 9.59 Å². The van der Waals surface area contributed by atoms with Crippen LogP contribution < -0.4 is 15.4 Å². The van der Waals surface area contributed by atoms with Crippen molar-refractivity contribution in [1.82, 2.24) is 5.32 Å². The molecule has 1 aromatic carbocycles. The summed E-state index contributed by atoms with van der Waals surface area (Å²) in [5.74, 6) is 0.327. The molecule has 2 N–H and O–H groups in total.